The number of methoxy groups -OCH3 is 1. The van der Waals surface area contributed by atoms with Crippen molar-refractivity contribution in [1.82, 2.24) is 0 Å². The van der Waals surface area contributed by atoms with Crippen LogP contribution in [0.3, 0.4) is 0 Å². The molecular weight excluding hydrogens is 215 g/mol. The third-order valence-corrected chi connectivity index (χ3v) is 2.75. The summed E-state index contributed by atoms with van der Waals surface area (Å²) >= 11 is 0. The second-order valence-electron chi connectivity index (χ2n) is 4.12. The fraction of sp³-hybridized carbons (Fsp3) is 0.200. The zero-order valence-corrected chi connectivity index (χ0v) is 10.0. The molecule has 0 saturated carbocycles. The van der Waals surface area contributed by atoms with Gasteiger partial charge in [-0.3, -0.25) is 0 Å². The van der Waals surface area contributed by atoms with Crippen LogP contribution < -0.4 is 4.74 Å². The lowest BCUT2D eigenvalue weighted by Gasteiger charge is -2.06. The Morgan fingerprint density at radius 1 is 1.06 bits per heavy atom. The minimum Gasteiger partial charge on any atom is -0.497 e. The van der Waals surface area contributed by atoms with Crippen LogP contribution in [-0.2, 0) is 6.42 Å². The van der Waals surface area contributed by atoms with Crippen molar-refractivity contribution in [3.8, 4) is 5.75 Å². The minimum absolute atomic E-state index is 0.147. The van der Waals surface area contributed by atoms with Gasteiger partial charge in [-0.2, -0.15) is 0 Å². The molecule has 0 aliphatic rings. The molecule has 0 bridgehead atoms. The van der Waals surface area contributed by atoms with Crippen molar-refractivity contribution in [2.24, 2.45) is 0 Å². The Bertz CT molecular complexity index is 503. The van der Waals surface area contributed by atoms with E-state index in [0.29, 0.717) is 6.42 Å². The molecule has 0 N–H and O–H groups in total. The van der Waals surface area contributed by atoms with Crippen molar-refractivity contribution < 1.29 is 9.13 Å². The number of hydrogen-bond acceptors (Lipinski definition) is 1. The number of ether oxygens (including phenoxy) is 1. The van der Waals surface area contributed by atoms with Crippen molar-refractivity contribution >= 4 is 0 Å². The first-order valence-corrected chi connectivity index (χ1v) is 5.57. The van der Waals surface area contributed by atoms with E-state index >= 15 is 0 Å². The standard InChI is InChI=1S/C15H15FO/c1-11-3-8-15(16)13(9-11)10-12-4-6-14(17-2)7-5-12/h3-9H,10H2,1-2H3. The van der Waals surface area contributed by atoms with E-state index in [1.54, 1.807) is 13.2 Å². The molecule has 2 heteroatoms. The van der Waals surface area contributed by atoms with Gasteiger partial charge in [0, 0.05) is 6.42 Å². The Balaban J connectivity index is 2.22. The summed E-state index contributed by atoms with van der Waals surface area (Å²) in [5.41, 5.74) is 2.89. The minimum atomic E-state index is -0.147. The van der Waals surface area contributed by atoms with E-state index in [1.165, 1.54) is 6.07 Å². The van der Waals surface area contributed by atoms with Gasteiger partial charge in [0.1, 0.15) is 11.6 Å². The van der Waals surface area contributed by atoms with Gasteiger partial charge in [-0.25, -0.2) is 4.39 Å². The highest BCUT2D eigenvalue weighted by atomic mass is 19.1. The summed E-state index contributed by atoms with van der Waals surface area (Å²) in [5.74, 6) is 0.671. The molecule has 0 aliphatic carbocycles. The summed E-state index contributed by atoms with van der Waals surface area (Å²) < 4.78 is 18.7. The molecule has 2 aromatic carbocycles. The van der Waals surface area contributed by atoms with E-state index in [0.717, 1.165) is 22.4 Å². The summed E-state index contributed by atoms with van der Waals surface area (Å²) in [5, 5.41) is 0. The highest BCUT2D eigenvalue weighted by Crippen LogP contribution is 2.17. The van der Waals surface area contributed by atoms with Gasteiger partial charge in [0.15, 0.2) is 0 Å². The fourth-order valence-corrected chi connectivity index (χ4v) is 1.80. The first-order chi connectivity index (χ1) is 8.19. The molecule has 0 saturated heterocycles. The molecule has 1 nitrogen and oxygen atoms in total. The highest BCUT2D eigenvalue weighted by Gasteiger charge is 2.03. The number of rotatable bonds is 3. The van der Waals surface area contributed by atoms with Crippen LogP contribution in [0.4, 0.5) is 4.39 Å². The summed E-state index contributed by atoms with van der Waals surface area (Å²) in [7, 11) is 1.63. The molecule has 2 rings (SSSR count). The predicted molar refractivity (Wildman–Crippen MR) is 66.9 cm³/mol. The van der Waals surface area contributed by atoms with Gasteiger partial charge in [-0.15, -0.1) is 0 Å². The first kappa shape index (κ1) is 11.6. The number of hydrogen-bond donors (Lipinski definition) is 0. The zero-order valence-electron chi connectivity index (χ0n) is 10.0. The van der Waals surface area contributed by atoms with Gasteiger partial charge in [0.05, 0.1) is 7.11 Å². The molecule has 0 heterocycles. The Hall–Kier alpha value is -1.83. The Morgan fingerprint density at radius 2 is 1.76 bits per heavy atom. The van der Waals surface area contributed by atoms with Crippen LogP contribution in [-0.4, -0.2) is 7.11 Å². The molecule has 0 amide bonds. The van der Waals surface area contributed by atoms with Crippen molar-refractivity contribution in [2.45, 2.75) is 13.3 Å². The topological polar surface area (TPSA) is 9.23 Å². The maximum Gasteiger partial charge on any atom is 0.126 e. The Labute approximate surface area is 101 Å². The maximum absolute atomic E-state index is 13.6. The fourth-order valence-electron chi connectivity index (χ4n) is 1.80. The number of benzene rings is 2. The van der Waals surface area contributed by atoms with E-state index in [2.05, 4.69) is 0 Å². The van der Waals surface area contributed by atoms with Gasteiger partial charge in [0.25, 0.3) is 0 Å². The van der Waals surface area contributed by atoms with Crippen molar-refractivity contribution in [3.63, 3.8) is 0 Å². The van der Waals surface area contributed by atoms with Gasteiger partial charge in [0.2, 0.25) is 0 Å². The molecule has 17 heavy (non-hydrogen) atoms. The molecule has 0 radical (unpaired) electrons. The molecule has 0 unspecified atom stereocenters. The average molecular weight is 230 g/mol. The smallest absolute Gasteiger partial charge is 0.126 e. The highest BCUT2D eigenvalue weighted by molar-refractivity contribution is 5.33. The van der Waals surface area contributed by atoms with E-state index in [1.807, 2.05) is 37.3 Å². The Kier molecular flexibility index (Phi) is 3.43. The largest absolute Gasteiger partial charge is 0.497 e. The van der Waals surface area contributed by atoms with E-state index < -0.39 is 0 Å². The van der Waals surface area contributed by atoms with Gasteiger partial charge in [-0.1, -0.05) is 29.8 Å². The summed E-state index contributed by atoms with van der Waals surface area (Å²) in [6, 6.07) is 12.9. The van der Waals surface area contributed by atoms with Crippen LogP contribution in [0.15, 0.2) is 42.5 Å². The van der Waals surface area contributed by atoms with Crippen LogP contribution in [0.2, 0.25) is 0 Å². The van der Waals surface area contributed by atoms with Crippen LogP contribution in [0.5, 0.6) is 5.75 Å². The van der Waals surface area contributed by atoms with E-state index in [-0.39, 0.29) is 5.82 Å². The quantitative estimate of drug-likeness (QED) is 0.780. The van der Waals surface area contributed by atoms with Gasteiger partial charge >= 0.3 is 0 Å². The second kappa shape index (κ2) is 5.00. The van der Waals surface area contributed by atoms with Crippen LogP contribution in [0.25, 0.3) is 0 Å². The van der Waals surface area contributed by atoms with Crippen molar-refractivity contribution in [2.75, 3.05) is 7.11 Å². The molecule has 2 aromatic rings. The molecule has 88 valence electrons. The predicted octanol–water partition coefficient (Wildman–Crippen LogP) is 3.73. The molecule has 0 fully saturated rings. The van der Waals surface area contributed by atoms with Crippen LogP contribution >= 0.6 is 0 Å². The lowest BCUT2D eigenvalue weighted by Crippen LogP contribution is -1.93. The Morgan fingerprint density at radius 3 is 2.41 bits per heavy atom. The molecule has 0 aliphatic heterocycles. The lowest BCUT2D eigenvalue weighted by atomic mass is 10.0. The second-order valence-corrected chi connectivity index (χ2v) is 4.12. The number of aryl methyl sites for hydroxylation is 1. The lowest BCUT2D eigenvalue weighted by molar-refractivity contribution is 0.414. The normalized spacial score (nSPS) is 10.3. The van der Waals surface area contributed by atoms with Gasteiger partial charge in [-0.05, 0) is 36.2 Å². The molecule has 0 atom stereocenters. The third kappa shape index (κ3) is 2.84. The SMILES string of the molecule is COc1ccc(Cc2cc(C)ccc2F)cc1. The third-order valence-electron chi connectivity index (χ3n) is 2.75. The summed E-state index contributed by atoms with van der Waals surface area (Å²) in [6.45, 7) is 1.97. The van der Waals surface area contributed by atoms with Crippen LogP contribution in [0.1, 0.15) is 16.7 Å². The summed E-state index contributed by atoms with van der Waals surface area (Å²) in [6.07, 6.45) is 0.609. The van der Waals surface area contributed by atoms with E-state index in [9.17, 15) is 4.39 Å². The zero-order chi connectivity index (χ0) is 12.3. The van der Waals surface area contributed by atoms with Crippen molar-refractivity contribution in [3.05, 3.63) is 65.0 Å². The maximum atomic E-state index is 13.6. The molecular formula is C15H15FO. The first-order valence-electron chi connectivity index (χ1n) is 5.57. The molecule has 0 aromatic heterocycles. The van der Waals surface area contributed by atoms with Gasteiger partial charge < -0.3 is 4.74 Å². The van der Waals surface area contributed by atoms with E-state index in [4.69, 9.17) is 4.74 Å². The van der Waals surface area contributed by atoms with Crippen molar-refractivity contribution in [1.29, 1.82) is 0 Å². The summed E-state index contributed by atoms with van der Waals surface area (Å²) in [4.78, 5) is 0. The average Bonchev–Trinajstić information content (AvgIpc) is 2.35. The molecule has 0 spiro atoms. The monoisotopic (exact) mass is 230 g/mol. The number of halogens is 1. The van der Waals surface area contributed by atoms with Crippen LogP contribution in [0, 0.1) is 12.7 Å².